The second kappa shape index (κ2) is 10.7. The standard InChI is InChI=1S/C20H14NO.C5H8O2.Ir/c1-14-7-9-16(10-8-14)19-11-17-13-21-18(12-20(17)22-19)15-5-3-2-4-6-15;1-4(6)3-5(2)7;/h2-5,7-13H,1H3;3,6H,1-2H3;/q-1;;/b;4-3-;. The van der Waals surface area contributed by atoms with E-state index >= 15 is 0 Å². The molecule has 0 fully saturated rings. The van der Waals surface area contributed by atoms with Crippen LogP contribution in [0.2, 0.25) is 0 Å². The molecule has 0 saturated heterocycles. The van der Waals surface area contributed by atoms with Crippen LogP contribution in [0, 0.1) is 13.0 Å². The molecule has 155 valence electrons. The van der Waals surface area contributed by atoms with E-state index in [1.54, 1.807) is 0 Å². The van der Waals surface area contributed by atoms with E-state index in [1.807, 2.05) is 42.6 Å². The largest absolute Gasteiger partial charge is 0.512 e. The smallest absolute Gasteiger partial charge is 0.155 e. The molecule has 1 radical (unpaired) electrons. The normalized spacial score (nSPS) is 10.7. The number of benzene rings is 2. The third-order valence-electron chi connectivity index (χ3n) is 4.13. The Balaban J connectivity index is 0.000000350. The van der Waals surface area contributed by atoms with Gasteiger partial charge in [0.05, 0.1) is 5.76 Å². The Morgan fingerprint density at radius 3 is 2.40 bits per heavy atom. The van der Waals surface area contributed by atoms with E-state index in [-0.39, 0.29) is 31.6 Å². The van der Waals surface area contributed by atoms with Gasteiger partial charge in [0.15, 0.2) is 5.78 Å². The van der Waals surface area contributed by atoms with E-state index in [0.717, 1.165) is 33.6 Å². The Bertz CT molecular complexity index is 1140. The summed E-state index contributed by atoms with van der Waals surface area (Å²) >= 11 is 0. The van der Waals surface area contributed by atoms with Crippen LogP contribution in [-0.2, 0) is 24.9 Å². The molecule has 4 rings (SSSR count). The van der Waals surface area contributed by atoms with Gasteiger partial charge < -0.3 is 14.5 Å². The number of rotatable bonds is 3. The monoisotopic (exact) mass is 577 g/mol. The number of ketones is 1. The molecule has 0 aliphatic heterocycles. The van der Waals surface area contributed by atoms with Crippen molar-refractivity contribution in [1.82, 2.24) is 4.98 Å². The van der Waals surface area contributed by atoms with Gasteiger partial charge in [0.25, 0.3) is 0 Å². The fraction of sp³-hybridized carbons (Fsp3) is 0.120. The molecule has 1 N–H and O–H groups in total. The first-order valence-corrected chi connectivity index (χ1v) is 9.24. The number of allylic oxidation sites excluding steroid dienone is 2. The molecule has 0 unspecified atom stereocenters. The molecular formula is C25H22IrNO3-. The van der Waals surface area contributed by atoms with Crippen LogP contribution in [0.25, 0.3) is 33.6 Å². The van der Waals surface area contributed by atoms with Gasteiger partial charge in [-0.25, -0.2) is 0 Å². The minimum Gasteiger partial charge on any atom is -0.512 e. The summed E-state index contributed by atoms with van der Waals surface area (Å²) in [6, 6.07) is 23.3. The number of fused-ring (bicyclic) bond motifs is 1. The third kappa shape index (κ3) is 6.24. The number of aliphatic hydroxyl groups excluding tert-OH is 1. The SMILES string of the molecule is CC(=O)/C=C(/C)O.Cc1ccc(-c2cc3cnc(-c4[c-]cccc4)cc3o2)cc1.[Ir]. The van der Waals surface area contributed by atoms with E-state index in [9.17, 15) is 4.79 Å². The van der Waals surface area contributed by atoms with Crippen LogP contribution in [0.15, 0.2) is 83.1 Å². The summed E-state index contributed by atoms with van der Waals surface area (Å²) in [5, 5.41) is 9.37. The molecule has 4 nitrogen and oxygen atoms in total. The molecule has 0 spiro atoms. The van der Waals surface area contributed by atoms with E-state index in [4.69, 9.17) is 9.52 Å². The third-order valence-corrected chi connectivity index (χ3v) is 4.13. The number of furan rings is 1. The quantitative estimate of drug-likeness (QED) is 0.177. The van der Waals surface area contributed by atoms with Gasteiger partial charge in [-0.1, -0.05) is 29.8 Å². The molecule has 0 aliphatic carbocycles. The van der Waals surface area contributed by atoms with Crippen molar-refractivity contribution in [3.8, 4) is 22.6 Å². The van der Waals surface area contributed by atoms with Crippen molar-refractivity contribution in [3.05, 3.63) is 90.3 Å². The maximum atomic E-state index is 10.0. The van der Waals surface area contributed by atoms with Gasteiger partial charge in [-0.3, -0.25) is 4.79 Å². The van der Waals surface area contributed by atoms with Crippen molar-refractivity contribution >= 4 is 16.8 Å². The fourth-order valence-electron chi connectivity index (χ4n) is 2.79. The van der Waals surface area contributed by atoms with Gasteiger partial charge in [-0.15, -0.1) is 35.9 Å². The Morgan fingerprint density at radius 2 is 1.83 bits per heavy atom. The van der Waals surface area contributed by atoms with Gasteiger partial charge in [0.1, 0.15) is 11.3 Å². The van der Waals surface area contributed by atoms with Crippen molar-refractivity contribution in [1.29, 1.82) is 0 Å². The first-order valence-electron chi connectivity index (χ1n) is 9.24. The number of aryl methyl sites for hydroxylation is 1. The molecule has 0 bridgehead atoms. The zero-order chi connectivity index (χ0) is 20.8. The second-order valence-corrected chi connectivity index (χ2v) is 6.76. The zero-order valence-corrected chi connectivity index (χ0v) is 19.4. The van der Waals surface area contributed by atoms with Crippen LogP contribution in [0.3, 0.4) is 0 Å². The molecule has 2 aromatic carbocycles. The summed E-state index contributed by atoms with van der Waals surface area (Å²) in [6.45, 7) is 4.93. The summed E-state index contributed by atoms with van der Waals surface area (Å²) in [5.41, 5.74) is 5.01. The Kier molecular flexibility index (Phi) is 8.28. The van der Waals surface area contributed by atoms with Crippen LogP contribution in [0.4, 0.5) is 0 Å². The topological polar surface area (TPSA) is 63.3 Å². The molecule has 4 aromatic rings. The number of nitrogens with zero attached hydrogens (tertiary/aromatic N) is 1. The number of hydrogen-bond acceptors (Lipinski definition) is 4. The van der Waals surface area contributed by atoms with Crippen molar-refractivity contribution in [2.75, 3.05) is 0 Å². The number of carbonyl (C=O) groups is 1. The van der Waals surface area contributed by atoms with Gasteiger partial charge in [0, 0.05) is 43.3 Å². The summed E-state index contributed by atoms with van der Waals surface area (Å²) in [6.07, 6.45) is 3.02. The van der Waals surface area contributed by atoms with Gasteiger partial charge in [-0.05, 0) is 38.6 Å². The molecule has 0 saturated carbocycles. The molecule has 0 atom stereocenters. The second-order valence-electron chi connectivity index (χ2n) is 6.76. The van der Waals surface area contributed by atoms with Crippen LogP contribution in [-0.4, -0.2) is 15.9 Å². The predicted octanol–water partition coefficient (Wildman–Crippen LogP) is 6.31. The van der Waals surface area contributed by atoms with E-state index < -0.39 is 0 Å². The maximum Gasteiger partial charge on any atom is 0.155 e. The number of aliphatic hydroxyl groups is 1. The van der Waals surface area contributed by atoms with Gasteiger partial charge >= 0.3 is 0 Å². The molecular weight excluding hydrogens is 554 g/mol. The summed E-state index contributed by atoms with van der Waals surface area (Å²) in [5.74, 6) is 0.804. The number of aromatic nitrogens is 1. The Morgan fingerprint density at radius 1 is 1.10 bits per heavy atom. The first-order chi connectivity index (χ1) is 13.9. The Hall–Kier alpha value is -3.01. The minimum atomic E-state index is -0.125. The van der Waals surface area contributed by atoms with Gasteiger partial charge in [0.2, 0.25) is 0 Å². The van der Waals surface area contributed by atoms with Gasteiger partial charge in [-0.2, -0.15) is 0 Å². The van der Waals surface area contributed by atoms with Crippen molar-refractivity contribution in [2.24, 2.45) is 0 Å². The number of hydrogen-bond donors (Lipinski definition) is 1. The minimum absolute atomic E-state index is 0. The summed E-state index contributed by atoms with van der Waals surface area (Å²) in [4.78, 5) is 14.5. The average molecular weight is 577 g/mol. The number of carbonyl (C=O) groups excluding carboxylic acids is 1. The van der Waals surface area contributed by atoms with Crippen LogP contribution in [0.1, 0.15) is 19.4 Å². The Labute approximate surface area is 189 Å². The van der Waals surface area contributed by atoms with Crippen LogP contribution in [0.5, 0.6) is 0 Å². The molecule has 2 aromatic heterocycles. The van der Waals surface area contributed by atoms with Crippen molar-refractivity contribution in [3.63, 3.8) is 0 Å². The van der Waals surface area contributed by atoms with E-state index in [0.29, 0.717) is 0 Å². The molecule has 0 aliphatic rings. The van der Waals surface area contributed by atoms with Crippen molar-refractivity contribution in [2.45, 2.75) is 20.8 Å². The molecule has 2 heterocycles. The van der Waals surface area contributed by atoms with Crippen LogP contribution < -0.4 is 0 Å². The zero-order valence-electron chi connectivity index (χ0n) is 17.0. The fourth-order valence-corrected chi connectivity index (χ4v) is 2.79. The van der Waals surface area contributed by atoms with Crippen LogP contribution >= 0.6 is 0 Å². The van der Waals surface area contributed by atoms with E-state index in [2.05, 4.69) is 42.2 Å². The molecule has 0 amide bonds. The average Bonchev–Trinajstić information content (AvgIpc) is 3.12. The van der Waals surface area contributed by atoms with E-state index in [1.165, 1.54) is 25.5 Å². The van der Waals surface area contributed by atoms with Crippen molar-refractivity contribution < 1.29 is 34.4 Å². The number of pyridine rings is 1. The summed E-state index contributed by atoms with van der Waals surface area (Å²) in [7, 11) is 0. The molecule has 5 heteroatoms. The summed E-state index contributed by atoms with van der Waals surface area (Å²) < 4.78 is 6.00. The predicted molar refractivity (Wildman–Crippen MR) is 116 cm³/mol. The maximum absolute atomic E-state index is 10.0. The first kappa shape index (κ1) is 23.3. The molecule has 30 heavy (non-hydrogen) atoms.